The molecule has 0 aromatic heterocycles. The highest BCUT2D eigenvalue weighted by Crippen LogP contribution is 2.29. The third-order valence-corrected chi connectivity index (χ3v) is 6.74. The predicted molar refractivity (Wildman–Crippen MR) is 110 cm³/mol. The highest BCUT2D eigenvalue weighted by atomic mass is 35.5. The van der Waals surface area contributed by atoms with Crippen LogP contribution < -0.4 is 9.47 Å². The van der Waals surface area contributed by atoms with Gasteiger partial charge >= 0.3 is 5.97 Å². The first-order chi connectivity index (χ1) is 14.4. The fraction of sp³-hybridized carbons (Fsp3) is 0.350. The van der Waals surface area contributed by atoms with E-state index in [-0.39, 0.29) is 35.9 Å². The summed E-state index contributed by atoms with van der Waals surface area (Å²) in [7, 11) is -0.988. The molecule has 0 N–H and O–H groups in total. The molecule has 1 fully saturated rings. The lowest BCUT2D eigenvalue weighted by Gasteiger charge is -2.26. The van der Waals surface area contributed by atoms with Crippen molar-refractivity contribution in [2.24, 2.45) is 0 Å². The summed E-state index contributed by atoms with van der Waals surface area (Å²) in [6.45, 7) is 0.999. The Morgan fingerprint density at radius 1 is 1.07 bits per heavy atom. The van der Waals surface area contributed by atoms with Gasteiger partial charge in [-0.15, -0.1) is 0 Å². The zero-order valence-corrected chi connectivity index (χ0v) is 18.2. The van der Waals surface area contributed by atoms with Gasteiger partial charge in [-0.25, -0.2) is 13.2 Å². The van der Waals surface area contributed by atoms with Gasteiger partial charge in [-0.2, -0.15) is 4.31 Å². The van der Waals surface area contributed by atoms with Crippen LogP contribution in [0, 0.1) is 0 Å². The number of esters is 1. The molecule has 0 amide bonds. The van der Waals surface area contributed by atoms with Crippen LogP contribution in [0.1, 0.15) is 15.9 Å². The zero-order valence-electron chi connectivity index (χ0n) is 16.6. The number of nitrogens with zero attached hydrogens (tertiary/aromatic N) is 1. The Kier molecular flexibility index (Phi) is 7.19. The van der Waals surface area contributed by atoms with Crippen LogP contribution in [0.5, 0.6) is 11.5 Å². The van der Waals surface area contributed by atoms with Gasteiger partial charge < -0.3 is 18.9 Å². The van der Waals surface area contributed by atoms with Crippen LogP contribution in [0.3, 0.4) is 0 Å². The maximum atomic E-state index is 13.0. The Balaban J connectivity index is 1.84. The van der Waals surface area contributed by atoms with Gasteiger partial charge in [0.1, 0.15) is 23.0 Å². The molecular formula is C20H22ClNO7S. The van der Waals surface area contributed by atoms with Crippen LogP contribution in [0.25, 0.3) is 0 Å². The van der Waals surface area contributed by atoms with Gasteiger partial charge in [0.25, 0.3) is 0 Å². The summed E-state index contributed by atoms with van der Waals surface area (Å²) in [6.07, 6.45) is 0. The number of ether oxygens (including phenoxy) is 4. The van der Waals surface area contributed by atoms with E-state index in [0.29, 0.717) is 29.5 Å². The standard InChI is InChI=1S/C20H22ClNO7S/c1-26-17-6-4-16(21)11-15(17)13-29-20(23)14-3-5-18(27-2)19(12-14)30(24,25)22-7-9-28-10-8-22/h3-6,11-12H,7-10,13H2,1-2H3. The molecule has 0 unspecified atom stereocenters. The second kappa shape index (κ2) is 9.65. The second-order valence-corrected chi connectivity index (χ2v) is 8.76. The number of hydrogen-bond donors (Lipinski definition) is 0. The van der Waals surface area contributed by atoms with Crippen LogP contribution in [-0.2, 0) is 26.1 Å². The third-order valence-electron chi connectivity index (χ3n) is 4.59. The van der Waals surface area contributed by atoms with Gasteiger partial charge in [-0.05, 0) is 36.4 Å². The van der Waals surface area contributed by atoms with Crippen molar-refractivity contribution in [1.82, 2.24) is 4.31 Å². The molecule has 162 valence electrons. The second-order valence-electron chi connectivity index (χ2n) is 6.41. The van der Waals surface area contributed by atoms with Crippen molar-refractivity contribution in [2.45, 2.75) is 11.5 Å². The summed E-state index contributed by atoms with van der Waals surface area (Å²) in [5.74, 6) is -0.00910. The molecule has 0 atom stereocenters. The largest absolute Gasteiger partial charge is 0.496 e. The molecule has 1 aliphatic heterocycles. The Hall–Kier alpha value is -2.33. The Labute approximate surface area is 180 Å². The monoisotopic (exact) mass is 455 g/mol. The highest BCUT2D eigenvalue weighted by Gasteiger charge is 2.30. The van der Waals surface area contributed by atoms with Gasteiger partial charge in [-0.3, -0.25) is 0 Å². The van der Waals surface area contributed by atoms with E-state index in [4.69, 9.17) is 30.5 Å². The van der Waals surface area contributed by atoms with Crippen LogP contribution in [-0.4, -0.2) is 59.2 Å². The summed E-state index contributed by atoms with van der Waals surface area (Å²) in [5, 5.41) is 0.477. The van der Waals surface area contributed by atoms with E-state index in [9.17, 15) is 13.2 Å². The van der Waals surface area contributed by atoms with Crippen LogP contribution in [0.4, 0.5) is 0 Å². The van der Waals surface area contributed by atoms with E-state index >= 15 is 0 Å². The average molecular weight is 456 g/mol. The smallest absolute Gasteiger partial charge is 0.338 e. The van der Waals surface area contributed by atoms with Gasteiger partial charge in [0.15, 0.2) is 0 Å². The number of halogens is 1. The Morgan fingerprint density at radius 2 is 1.73 bits per heavy atom. The lowest BCUT2D eigenvalue weighted by Crippen LogP contribution is -2.40. The number of carbonyl (C=O) groups is 1. The van der Waals surface area contributed by atoms with Crippen molar-refractivity contribution >= 4 is 27.6 Å². The van der Waals surface area contributed by atoms with Gasteiger partial charge in [-0.1, -0.05) is 11.6 Å². The van der Waals surface area contributed by atoms with E-state index in [0.717, 1.165) is 0 Å². The highest BCUT2D eigenvalue weighted by molar-refractivity contribution is 7.89. The molecule has 2 aromatic carbocycles. The normalized spacial score (nSPS) is 14.9. The fourth-order valence-electron chi connectivity index (χ4n) is 3.02. The fourth-order valence-corrected chi connectivity index (χ4v) is 4.80. The molecule has 0 saturated carbocycles. The number of morpholine rings is 1. The van der Waals surface area contributed by atoms with Crippen molar-refractivity contribution in [2.75, 3.05) is 40.5 Å². The summed E-state index contributed by atoms with van der Waals surface area (Å²) in [6, 6.07) is 9.12. The number of sulfonamides is 1. The van der Waals surface area contributed by atoms with Gasteiger partial charge in [0.05, 0.1) is 33.0 Å². The first kappa shape index (κ1) is 22.4. The lowest BCUT2D eigenvalue weighted by molar-refractivity contribution is 0.0469. The maximum absolute atomic E-state index is 13.0. The SMILES string of the molecule is COc1ccc(Cl)cc1COC(=O)c1ccc(OC)c(S(=O)(=O)N2CCOCC2)c1. The minimum atomic E-state index is -3.86. The molecule has 0 bridgehead atoms. The summed E-state index contributed by atoms with van der Waals surface area (Å²) in [4.78, 5) is 12.5. The van der Waals surface area contributed by atoms with E-state index in [1.54, 1.807) is 18.2 Å². The van der Waals surface area contributed by atoms with Gasteiger partial charge in [0.2, 0.25) is 10.0 Å². The van der Waals surface area contributed by atoms with Crippen molar-refractivity contribution in [3.05, 3.63) is 52.5 Å². The first-order valence-corrected chi connectivity index (χ1v) is 10.9. The molecule has 1 aliphatic rings. The predicted octanol–water partition coefficient (Wildman–Crippen LogP) is 2.74. The van der Waals surface area contributed by atoms with Crippen LogP contribution in [0.2, 0.25) is 5.02 Å². The molecule has 2 aromatic rings. The van der Waals surface area contributed by atoms with Crippen LogP contribution >= 0.6 is 11.6 Å². The van der Waals surface area contributed by atoms with E-state index in [1.165, 1.54) is 36.7 Å². The molecule has 1 saturated heterocycles. The molecule has 0 spiro atoms. The number of carbonyl (C=O) groups excluding carboxylic acids is 1. The number of hydrogen-bond acceptors (Lipinski definition) is 7. The van der Waals surface area contributed by atoms with E-state index < -0.39 is 16.0 Å². The molecule has 0 radical (unpaired) electrons. The zero-order chi connectivity index (χ0) is 21.7. The molecular weight excluding hydrogens is 434 g/mol. The first-order valence-electron chi connectivity index (χ1n) is 9.12. The number of benzene rings is 2. The molecule has 0 aliphatic carbocycles. The summed E-state index contributed by atoms with van der Waals surface area (Å²) >= 11 is 5.99. The summed E-state index contributed by atoms with van der Waals surface area (Å²) < 4.78 is 48.4. The van der Waals surface area contributed by atoms with Crippen molar-refractivity contribution in [3.63, 3.8) is 0 Å². The number of methoxy groups -OCH3 is 2. The molecule has 1 heterocycles. The average Bonchev–Trinajstić information content (AvgIpc) is 2.77. The minimum absolute atomic E-state index is 0.0832. The number of rotatable bonds is 7. The Morgan fingerprint density at radius 3 is 2.40 bits per heavy atom. The van der Waals surface area contributed by atoms with Crippen molar-refractivity contribution in [3.8, 4) is 11.5 Å². The van der Waals surface area contributed by atoms with Crippen molar-refractivity contribution in [1.29, 1.82) is 0 Å². The van der Waals surface area contributed by atoms with E-state index in [2.05, 4.69) is 0 Å². The molecule has 3 rings (SSSR count). The van der Waals surface area contributed by atoms with E-state index in [1.807, 2.05) is 0 Å². The van der Waals surface area contributed by atoms with Crippen LogP contribution in [0.15, 0.2) is 41.3 Å². The molecule has 30 heavy (non-hydrogen) atoms. The van der Waals surface area contributed by atoms with Crippen molar-refractivity contribution < 1.29 is 32.2 Å². The maximum Gasteiger partial charge on any atom is 0.338 e. The van der Waals surface area contributed by atoms with Gasteiger partial charge in [0, 0.05) is 23.7 Å². The topological polar surface area (TPSA) is 91.4 Å². The molecule has 8 nitrogen and oxygen atoms in total. The quantitative estimate of drug-likeness (QED) is 0.593. The Bertz CT molecular complexity index is 1020. The molecule has 10 heteroatoms. The minimum Gasteiger partial charge on any atom is -0.496 e. The lowest BCUT2D eigenvalue weighted by atomic mass is 10.2. The third kappa shape index (κ3) is 4.86. The summed E-state index contributed by atoms with van der Waals surface area (Å²) in [5.41, 5.74) is 0.677.